The number of hydrogen-bond donors (Lipinski definition) is 1. The lowest BCUT2D eigenvalue weighted by Crippen LogP contribution is -2.47. The summed E-state index contributed by atoms with van der Waals surface area (Å²) >= 11 is 1.78. The van der Waals surface area contributed by atoms with Crippen LogP contribution in [0.15, 0.2) is 23.6 Å². The molecule has 0 radical (unpaired) electrons. The minimum Gasteiger partial charge on any atom is -0.370 e. The van der Waals surface area contributed by atoms with E-state index in [0.29, 0.717) is 12.5 Å². The van der Waals surface area contributed by atoms with Crippen LogP contribution >= 0.6 is 11.3 Å². The van der Waals surface area contributed by atoms with E-state index in [1.54, 1.807) is 11.3 Å². The predicted octanol–water partition coefficient (Wildman–Crippen LogP) is 2.22. The molecule has 8 heteroatoms. The molecule has 2 aromatic heterocycles. The van der Waals surface area contributed by atoms with Crippen LogP contribution in [0.2, 0.25) is 0 Å². The van der Waals surface area contributed by atoms with Gasteiger partial charge in [-0.2, -0.15) is 5.10 Å². The van der Waals surface area contributed by atoms with E-state index in [-0.39, 0.29) is 6.10 Å². The van der Waals surface area contributed by atoms with Gasteiger partial charge in [-0.05, 0) is 5.92 Å². The van der Waals surface area contributed by atoms with Crippen molar-refractivity contribution >= 4 is 17.3 Å². The molecule has 0 spiro atoms. The maximum absolute atomic E-state index is 5.92. The Morgan fingerprint density at radius 2 is 2.31 bits per heavy atom. The first kappa shape index (κ1) is 18.8. The SMILES string of the molecule is CN=C(NCc1cnc(CC(C)C)s1)N1CCOC(c2cnn(C)c2)C1. The summed E-state index contributed by atoms with van der Waals surface area (Å²) in [6, 6.07) is 0. The van der Waals surface area contributed by atoms with Crippen molar-refractivity contribution in [2.24, 2.45) is 18.0 Å². The van der Waals surface area contributed by atoms with Crippen molar-refractivity contribution in [2.75, 3.05) is 26.7 Å². The Bertz CT molecular complexity index is 738. The number of aliphatic imine (C=N–C) groups is 1. The first-order valence-corrected chi connectivity index (χ1v) is 9.86. The highest BCUT2D eigenvalue weighted by molar-refractivity contribution is 7.11. The third-order valence-corrected chi connectivity index (χ3v) is 5.30. The molecule has 1 N–H and O–H groups in total. The van der Waals surface area contributed by atoms with Gasteiger partial charge in [0.25, 0.3) is 0 Å². The van der Waals surface area contributed by atoms with Gasteiger partial charge in [0, 0.05) is 49.9 Å². The first-order valence-electron chi connectivity index (χ1n) is 9.04. The Kier molecular flexibility index (Phi) is 6.26. The fourth-order valence-electron chi connectivity index (χ4n) is 3.02. The van der Waals surface area contributed by atoms with E-state index < -0.39 is 0 Å². The molecule has 1 fully saturated rings. The number of aryl methyl sites for hydroxylation is 1. The van der Waals surface area contributed by atoms with Gasteiger partial charge in [0.05, 0.1) is 30.9 Å². The molecule has 1 saturated heterocycles. The van der Waals surface area contributed by atoms with Gasteiger partial charge in [0.15, 0.2) is 5.96 Å². The number of morpholine rings is 1. The molecule has 0 amide bonds. The number of guanidine groups is 1. The largest absolute Gasteiger partial charge is 0.370 e. The molecule has 7 nitrogen and oxygen atoms in total. The number of ether oxygens (including phenoxy) is 1. The Morgan fingerprint density at radius 3 is 3.00 bits per heavy atom. The van der Waals surface area contributed by atoms with Crippen LogP contribution in [-0.2, 0) is 24.8 Å². The molecular formula is C18H28N6OS. The summed E-state index contributed by atoms with van der Waals surface area (Å²) in [5.74, 6) is 1.54. The second kappa shape index (κ2) is 8.64. The second-order valence-electron chi connectivity index (χ2n) is 6.97. The van der Waals surface area contributed by atoms with Crippen molar-refractivity contribution in [3.63, 3.8) is 0 Å². The summed E-state index contributed by atoms with van der Waals surface area (Å²) in [5.41, 5.74) is 1.11. The number of thiazole rings is 1. The lowest BCUT2D eigenvalue weighted by atomic mass is 10.1. The van der Waals surface area contributed by atoms with Crippen LogP contribution in [0, 0.1) is 5.92 Å². The third-order valence-electron chi connectivity index (χ3n) is 4.28. The maximum atomic E-state index is 5.92. The number of nitrogens with one attached hydrogen (secondary N) is 1. The highest BCUT2D eigenvalue weighted by Gasteiger charge is 2.25. The van der Waals surface area contributed by atoms with Gasteiger partial charge in [-0.25, -0.2) is 4.98 Å². The van der Waals surface area contributed by atoms with Crippen molar-refractivity contribution in [2.45, 2.75) is 32.9 Å². The van der Waals surface area contributed by atoms with Crippen molar-refractivity contribution in [1.29, 1.82) is 0 Å². The smallest absolute Gasteiger partial charge is 0.194 e. The Balaban J connectivity index is 1.57. The molecule has 1 aliphatic heterocycles. The van der Waals surface area contributed by atoms with Crippen LogP contribution in [0.4, 0.5) is 0 Å². The fourth-order valence-corrected chi connectivity index (χ4v) is 4.10. The Labute approximate surface area is 159 Å². The van der Waals surface area contributed by atoms with Crippen LogP contribution in [0.1, 0.15) is 35.4 Å². The summed E-state index contributed by atoms with van der Waals surface area (Å²) in [5, 5.41) is 8.92. The minimum atomic E-state index is 0.0250. The van der Waals surface area contributed by atoms with E-state index in [9.17, 15) is 0 Å². The molecule has 1 unspecified atom stereocenters. The van der Waals surface area contributed by atoms with Gasteiger partial charge >= 0.3 is 0 Å². The van der Waals surface area contributed by atoms with Crippen LogP contribution < -0.4 is 5.32 Å². The normalized spacial score (nSPS) is 18.6. The molecule has 26 heavy (non-hydrogen) atoms. The summed E-state index contributed by atoms with van der Waals surface area (Å²) in [4.78, 5) is 12.5. The Morgan fingerprint density at radius 1 is 1.46 bits per heavy atom. The number of rotatable bonds is 5. The van der Waals surface area contributed by atoms with Crippen LogP contribution in [0.25, 0.3) is 0 Å². The molecule has 1 atom stereocenters. The molecule has 1 aliphatic rings. The van der Waals surface area contributed by atoms with E-state index in [1.165, 1.54) is 9.88 Å². The second-order valence-corrected chi connectivity index (χ2v) is 8.17. The van der Waals surface area contributed by atoms with Crippen molar-refractivity contribution < 1.29 is 4.74 Å². The van der Waals surface area contributed by atoms with E-state index in [2.05, 4.69) is 39.1 Å². The number of aromatic nitrogens is 3. The molecular weight excluding hydrogens is 348 g/mol. The topological polar surface area (TPSA) is 67.6 Å². The summed E-state index contributed by atoms with van der Waals surface area (Å²) < 4.78 is 7.73. The summed E-state index contributed by atoms with van der Waals surface area (Å²) in [6.45, 7) is 7.47. The molecule has 0 aliphatic carbocycles. The molecule has 0 saturated carbocycles. The van der Waals surface area contributed by atoms with Gasteiger partial charge in [0.1, 0.15) is 6.10 Å². The highest BCUT2D eigenvalue weighted by Crippen LogP contribution is 2.22. The van der Waals surface area contributed by atoms with Crippen molar-refractivity contribution in [3.05, 3.63) is 34.0 Å². The van der Waals surface area contributed by atoms with Gasteiger partial charge < -0.3 is 15.0 Å². The Hall–Kier alpha value is -1.93. The summed E-state index contributed by atoms with van der Waals surface area (Å²) in [6.07, 6.45) is 6.92. The molecule has 142 valence electrons. The van der Waals surface area contributed by atoms with Gasteiger partial charge in [-0.1, -0.05) is 13.8 Å². The van der Waals surface area contributed by atoms with E-state index in [1.807, 2.05) is 37.4 Å². The van der Waals surface area contributed by atoms with Gasteiger partial charge in [-0.15, -0.1) is 11.3 Å². The zero-order chi connectivity index (χ0) is 18.5. The molecule has 0 aromatic carbocycles. The average Bonchev–Trinajstić information content (AvgIpc) is 3.24. The van der Waals surface area contributed by atoms with Crippen molar-refractivity contribution in [1.82, 2.24) is 25.0 Å². The van der Waals surface area contributed by atoms with E-state index in [0.717, 1.165) is 37.6 Å². The first-order chi connectivity index (χ1) is 12.5. The predicted molar refractivity (Wildman–Crippen MR) is 104 cm³/mol. The quantitative estimate of drug-likeness (QED) is 0.640. The number of hydrogen-bond acceptors (Lipinski definition) is 5. The van der Waals surface area contributed by atoms with Crippen LogP contribution in [-0.4, -0.2) is 52.4 Å². The highest BCUT2D eigenvalue weighted by atomic mass is 32.1. The van der Waals surface area contributed by atoms with E-state index >= 15 is 0 Å². The van der Waals surface area contributed by atoms with Crippen LogP contribution in [0.3, 0.4) is 0 Å². The maximum Gasteiger partial charge on any atom is 0.194 e. The fraction of sp³-hybridized carbons (Fsp3) is 0.611. The molecule has 0 bridgehead atoms. The van der Waals surface area contributed by atoms with Crippen LogP contribution in [0.5, 0.6) is 0 Å². The number of nitrogens with zero attached hydrogens (tertiary/aromatic N) is 5. The lowest BCUT2D eigenvalue weighted by molar-refractivity contribution is -0.00804. The third kappa shape index (κ3) is 4.82. The monoisotopic (exact) mass is 376 g/mol. The minimum absolute atomic E-state index is 0.0250. The van der Waals surface area contributed by atoms with Gasteiger partial charge in [0.2, 0.25) is 0 Å². The molecule has 3 rings (SSSR count). The molecule has 3 heterocycles. The van der Waals surface area contributed by atoms with Crippen molar-refractivity contribution in [3.8, 4) is 0 Å². The summed E-state index contributed by atoms with van der Waals surface area (Å²) in [7, 11) is 3.75. The van der Waals surface area contributed by atoms with Gasteiger partial charge in [-0.3, -0.25) is 9.67 Å². The van der Waals surface area contributed by atoms with E-state index in [4.69, 9.17) is 4.74 Å². The molecule has 2 aromatic rings. The zero-order valence-electron chi connectivity index (χ0n) is 16.0. The lowest BCUT2D eigenvalue weighted by Gasteiger charge is -2.34. The average molecular weight is 377 g/mol. The zero-order valence-corrected chi connectivity index (χ0v) is 16.8. The standard InChI is InChI=1S/C18H28N6OS/c1-13(2)7-17-20-9-15(26-17)10-21-18(19-3)24-5-6-25-16(12-24)14-8-22-23(4)11-14/h8-9,11,13,16H,5-7,10,12H2,1-4H3,(H,19,21).